The molecule has 3 fully saturated rings. The van der Waals surface area contributed by atoms with Crippen molar-refractivity contribution >= 4 is 11.0 Å². The first-order chi connectivity index (χ1) is 10.9. The second-order valence-corrected chi connectivity index (χ2v) is 8.42. The Morgan fingerprint density at radius 2 is 1.87 bits per heavy atom. The zero-order valence-electron chi connectivity index (χ0n) is 13.9. The number of fused-ring (bicyclic) bond motifs is 3. The van der Waals surface area contributed by atoms with Gasteiger partial charge in [0.05, 0.1) is 10.9 Å². The zero-order chi connectivity index (χ0) is 16.0. The van der Waals surface area contributed by atoms with Crippen LogP contribution in [0.1, 0.15) is 39.2 Å². The van der Waals surface area contributed by atoms with Gasteiger partial charge in [0.1, 0.15) is 16.9 Å². The van der Waals surface area contributed by atoms with Gasteiger partial charge in [-0.3, -0.25) is 0 Å². The molecule has 0 saturated heterocycles. The molecule has 120 valence electrons. The summed E-state index contributed by atoms with van der Waals surface area (Å²) in [4.78, 5) is 12.4. The average molecular weight is 310 g/mol. The van der Waals surface area contributed by atoms with E-state index in [-0.39, 0.29) is 11.2 Å². The molecule has 0 spiro atoms. The number of benzene rings is 1. The molecule has 1 aromatic heterocycles. The third-order valence-corrected chi connectivity index (χ3v) is 7.17. The van der Waals surface area contributed by atoms with Gasteiger partial charge >= 0.3 is 5.63 Å². The molecule has 1 aromatic carbocycles. The summed E-state index contributed by atoms with van der Waals surface area (Å²) in [5.74, 6) is 2.54. The van der Waals surface area contributed by atoms with E-state index in [1.807, 2.05) is 24.3 Å². The van der Waals surface area contributed by atoms with Crippen LogP contribution in [0.4, 0.5) is 0 Å². The molecule has 3 heteroatoms. The van der Waals surface area contributed by atoms with E-state index < -0.39 is 0 Å². The molecule has 0 radical (unpaired) electrons. The maximum atomic E-state index is 12.4. The van der Waals surface area contributed by atoms with Crippen LogP contribution in [0.2, 0.25) is 0 Å². The van der Waals surface area contributed by atoms with Crippen molar-refractivity contribution in [2.24, 2.45) is 23.2 Å². The third-order valence-electron chi connectivity index (χ3n) is 7.17. The molecule has 2 heterocycles. The lowest BCUT2D eigenvalue weighted by atomic mass is 9.41. The van der Waals surface area contributed by atoms with Crippen molar-refractivity contribution in [3.05, 3.63) is 40.2 Å². The van der Waals surface area contributed by atoms with Crippen molar-refractivity contribution in [2.45, 2.75) is 45.6 Å². The SMILES string of the molecule is CC1(C)[C@H]2C[C@@H]3Cc4c(c5ccccc5oc4=O)O[C@]3(C)[C@@H]1C2. The Balaban J connectivity index is 1.72. The van der Waals surface area contributed by atoms with Crippen LogP contribution in [-0.4, -0.2) is 5.60 Å². The van der Waals surface area contributed by atoms with Gasteiger partial charge in [0.25, 0.3) is 0 Å². The van der Waals surface area contributed by atoms with Gasteiger partial charge in [-0.15, -0.1) is 0 Å². The van der Waals surface area contributed by atoms with Crippen LogP contribution in [0.3, 0.4) is 0 Å². The van der Waals surface area contributed by atoms with E-state index in [2.05, 4.69) is 20.8 Å². The minimum Gasteiger partial charge on any atom is -0.486 e. The summed E-state index contributed by atoms with van der Waals surface area (Å²) in [7, 11) is 0. The van der Waals surface area contributed by atoms with Crippen LogP contribution in [0.15, 0.2) is 33.5 Å². The highest BCUT2D eigenvalue weighted by Crippen LogP contribution is 2.67. The number of hydrogen-bond donors (Lipinski definition) is 0. The summed E-state index contributed by atoms with van der Waals surface area (Å²) >= 11 is 0. The molecule has 3 aliphatic carbocycles. The van der Waals surface area contributed by atoms with E-state index in [0.717, 1.165) is 35.5 Å². The molecule has 2 bridgehead atoms. The molecule has 3 saturated carbocycles. The fourth-order valence-electron chi connectivity index (χ4n) is 5.61. The topological polar surface area (TPSA) is 39.4 Å². The van der Waals surface area contributed by atoms with Crippen LogP contribution >= 0.6 is 0 Å². The number of hydrogen-bond acceptors (Lipinski definition) is 3. The van der Waals surface area contributed by atoms with Crippen molar-refractivity contribution in [3.63, 3.8) is 0 Å². The number of para-hydroxylation sites is 1. The summed E-state index contributed by atoms with van der Waals surface area (Å²) in [5, 5.41) is 0.932. The smallest absolute Gasteiger partial charge is 0.343 e. The highest BCUT2D eigenvalue weighted by Gasteiger charge is 2.65. The summed E-state index contributed by atoms with van der Waals surface area (Å²) in [6.45, 7) is 7.03. The van der Waals surface area contributed by atoms with E-state index in [9.17, 15) is 4.79 Å². The summed E-state index contributed by atoms with van der Waals surface area (Å²) in [6.07, 6.45) is 3.21. The maximum Gasteiger partial charge on any atom is 0.343 e. The molecule has 1 aliphatic heterocycles. The first-order valence-corrected chi connectivity index (χ1v) is 8.65. The van der Waals surface area contributed by atoms with Crippen molar-refractivity contribution in [1.29, 1.82) is 0 Å². The highest BCUT2D eigenvalue weighted by molar-refractivity contribution is 5.84. The number of ether oxygens (including phenoxy) is 1. The van der Waals surface area contributed by atoms with Gasteiger partial charge in [0.15, 0.2) is 0 Å². The van der Waals surface area contributed by atoms with Crippen LogP contribution in [-0.2, 0) is 6.42 Å². The minimum absolute atomic E-state index is 0.165. The molecular formula is C20H22O3. The van der Waals surface area contributed by atoms with E-state index in [1.54, 1.807) is 0 Å². The standard InChI is InChI=1S/C20H22O3/c1-19(2)11-8-12-9-14-17(23-20(12,3)16(19)10-11)13-6-4-5-7-15(13)22-18(14)21/h4-7,11-12,16H,8-10H2,1-3H3/t11-,12+,16+,20-/m0/s1. The normalized spacial score (nSPS) is 36.6. The molecule has 4 aliphatic rings. The van der Waals surface area contributed by atoms with Gasteiger partial charge in [0.2, 0.25) is 0 Å². The fourth-order valence-corrected chi connectivity index (χ4v) is 5.61. The van der Waals surface area contributed by atoms with Crippen LogP contribution in [0.25, 0.3) is 11.0 Å². The molecule has 0 amide bonds. The fraction of sp³-hybridized carbons (Fsp3) is 0.550. The summed E-state index contributed by atoms with van der Waals surface area (Å²) < 4.78 is 12.2. The van der Waals surface area contributed by atoms with Crippen molar-refractivity contribution in [3.8, 4) is 5.75 Å². The number of rotatable bonds is 0. The van der Waals surface area contributed by atoms with Gasteiger partial charge in [-0.1, -0.05) is 26.0 Å². The first kappa shape index (κ1) is 13.6. The van der Waals surface area contributed by atoms with Crippen LogP contribution in [0.5, 0.6) is 5.75 Å². The quantitative estimate of drug-likeness (QED) is 0.686. The van der Waals surface area contributed by atoms with E-state index >= 15 is 0 Å². The van der Waals surface area contributed by atoms with E-state index in [1.165, 1.54) is 6.42 Å². The maximum absolute atomic E-state index is 12.4. The van der Waals surface area contributed by atoms with Crippen molar-refractivity contribution < 1.29 is 9.15 Å². The Kier molecular flexibility index (Phi) is 2.38. The van der Waals surface area contributed by atoms with Gasteiger partial charge in [-0.25, -0.2) is 4.79 Å². The molecule has 0 unspecified atom stereocenters. The second kappa shape index (κ2) is 4.00. The highest BCUT2D eigenvalue weighted by atomic mass is 16.5. The van der Waals surface area contributed by atoms with Gasteiger partial charge in [-0.05, 0) is 49.7 Å². The van der Waals surface area contributed by atoms with Crippen molar-refractivity contribution in [2.75, 3.05) is 0 Å². The molecule has 2 aromatic rings. The monoisotopic (exact) mass is 310 g/mol. The Labute approximate surface area is 135 Å². The lowest BCUT2D eigenvalue weighted by Gasteiger charge is -2.67. The predicted molar refractivity (Wildman–Crippen MR) is 88.7 cm³/mol. The molecular weight excluding hydrogens is 288 g/mol. The molecule has 6 rings (SSSR count). The Morgan fingerprint density at radius 3 is 2.65 bits per heavy atom. The Hall–Kier alpha value is -1.77. The van der Waals surface area contributed by atoms with E-state index in [4.69, 9.17) is 9.15 Å². The molecule has 3 nitrogen and oxygen atoms in total. The molecule has 23 heavy (non-hydrogen) atoms. The average Bonchev–Trinajstić information content (AvgIpc) is 2.52. The van der Waals surface area contributed by atoms with Crippen LogP contribution in [0, 0.1) is 23.2 Å². The predicted octanol–water partition coefficient (Wildman–Crippen LogP) is 4.17. The van der Waals surface area contributed by atoms with Gasteiger partial charge in [-0.2, -0.15) is 0 Å². The second-order valence-electron chi connectivity index (χ2n) is 8.42. The summed E-state index contributed by atoms with van der Waals surface area (Å²) in [5.41, 5.74) is 1.32. The largest absolute Gasteiger partial charge is 0.486 e. The lowest BCUT2D eigenvalue weighted by molar-refractivity contribution is -0.217. The minimum atomic E-state index is -0.223. The summed E-state index contributed by atoms with van der Waals surface area (Å²) in [6, 6.07) is 7.72. The first-order valence-electron chi connectivity index (χ1n) is 8.65. The van der Waals surface area contributed by atoms with Crippen LogP contribution < -0.4 is 10.4 Å². The molecule has 0 N–H and O–H groups in total. The lowest BCUT2D eigenvalue weighted by Crippen LogP contribution is -2.68. The van der Waals surface area contributed by atoms with E-state index in [0.29, 0.717) is 22.8 Å². The van der Waals surface area contributed by atoms with Crippen molar-refractivity contribution in [1.82, 2.24) is 0 Å². The Morgan fingerprint density at radius 1 is 1.09 bits per heavy atom. The zero-order valence-corrected chi connectivity index (χ0v) is 13.9. The Bertz CT molecular complexity index is 878. The molecule has 4 atom stereocenters. The van der Waals surface area contributed by atoms with Gasteiger partial charge < -0.3 is 9.15 Å². The third kappa shape index (κ3) is 1.53. The van der Waals surface area contributed by atoms with Gasteiger partial charge in [0, 0.05) is 11.8 Å².